The number of aliphatic hydroxyl groups is 1. The molecule has 0 spiro atoms. The molecule has 0 aliphatic carbocycles. The van der Waals surface area contributed by atoms with Gasteiger partial charge in [-0.25, -0.2) is 0 Å². The second-order valence-corrected chi connectivity index (χ2v) is 4.07. The maximum Gasteiger partial charge on any atom is 0.551 e. The van der Waals surface area contributed by atoms with E-state index in [-0.39, 0.29) is 17.8 Å². The van der Waals surface area contributed by atoms with Crippen molar-refractivity contribution in [2.45, 2.75) is 38.9 Å². The first kappa shape index (κ1) is 10.6. The first-order valence-corrected chi connectivity index (χ1v) is 4.34. The molecule has 0 amide bonds. The van der Waals surface area contributed by atoms with Gasteiger partial charge in [-0.2, -0.15) is 0 Å². The summed E-state index contributed by atoms with van der Waals surface area (Å²) in [4.78, 5) is 0. The van der Waals surface area contributed by atoms with E-state index in [1.54, 1.807) is 0 Å². The fourth-order valence-corrected chi connectivity index (χ4v) is 1.03. The second kappa shape index (κ2) is 3.34. The number of rotatable bonds is 0. The van der Waals surface area contributed by atoms with Crippen LogP contribution in [0, 0.1) is 11.7 Å². The van der Waals surface area contributed by atoms with Gasteiger partial charge < -0.3 is 14.4 Å². The summed E-state index contributed by atoms with van der Waals surface area (Å²) in [6.07, 6.45) is 0. The van der Waals surface area contributed by atoms with Crippen LogP contribution in [0.3, 0.4) is 0 Å². The van der Waals surface area contributed by atoms with Crippen molar-refractivity contribution in [2.75, 3.05) is 6.61 Å². The molecule has 1 aliphatic heterocycles. The molecular formula is C9H15BO3. The molecule has 0 aromatic heterocycles. The fourth-order valence-electron chi connectivity index (χ4n) is 1.03. The molecule has 72 valence electrons. The maximum absolute atomic E-state index is 8.50. The van der Waals surface area contributed by atoms with Gasteiger partial charge in [0.15, 0.2) is 0 Å². The SMILES string of the molecule is CC1(C)OB(C#CCO)OC1(C)C. The van der Waals surface area contributed by atoms with Crippen LogP contribution in [-0.2, 0) is 9.31 Å². The highest BCUT2D eigenvalue weighted by molar-refractivity contribution is 6.55. The molecular weight excluding hydrogens is 167 g/mol. The summed E-state index contributed by atoms with van der Waals surface area (Å²) < 4.78 is 11.1. The summed E-state index contributed by atoms with van der Waals surface area (Å²) in [6.45, 7) is 7.70. The summed E-state index contributed by atoms with van der Waals surface area (Å²) in [5, 5.41) is 8.50. The first-order chi connectivity index (χ1) is 5.89. The quantitative estimate of drug-likeness (QED) is 0.440. The summed E-state index contributed by atoms with van der Waals surface area (Å²) in [6, 6.07) is 0. The van der Waals surface area contributed by atoms with Crippen molar-refractivity contribution in [3.8, 4) is 11.7 Å². The average molecular weight is 182 g/mol. The molecule has 1 N–H and O–H groups in total. The number of hydrogen-bond acceptors (Lipinski definition) is 3. The van der Waals surface area contributed by atoms with Gasteiger partial charge in [-0.1, -0.05) is 11.7 Å². The Morgan fingerprint density at radius 2 is 1.62 bits per heavy atom. The van der Waals surface area contributed by atoms with Gasteiger partial charge in [-0.05, 0) is 27.7 Å². The molecule has 3 nitrogen and oxygen atoms in total. The van der Waals surface area contributed by atoms with E-state index in [0.717, 1.165) is 0 Å². The first-order valence-electron chi connectivity index (χ1n) is 4.34. The minimum Gasteiger partial charge on any atom is -0.392 e. The van der Waals surface area contributed by atoms with E-state index in [9.17, 15) is 0 Å². The van der Waals surface area contributed by atoms with E-state index in [2.05, 4.69) is 11.7 Å². The molecule has 0 aromatic carbocycles. The van der Waals surface area contributed by atoms with Gasteiger partial charge in [0.05, 0.1) is 11.2 Å². The summed E-state index contributed by atoms with van der Waals surface area (Å²) in [5.41, 5.74) is -0.691. The van der Waals surface area contributed by atoms with Gasteiger partial charge in [0.25, 0.3) is 0 Å². The Labute approximate surface area is 79.6 Å². The monoisotopic (exact) mass is 182 g/mol. The predicted molar refractivity (Wildman–Crippen MR) is 50.9 cm³/mol. The Bertz CT molecular complexity index is 233. The Hall–Kier alpha value is -0.495. The van der Waals surface area contributed by atoms with Crippen LogP contribution in [0.25, 0.3) is 0 Å². The lowest BCUT2D eigenvalue weighted by Gasteiger charge is -2.32. The van der Waals surface area contributed by atoms with Gasteiger partial charge in [-0.15, -0.1) is 0 Å². The number of hydrogen-bond donors (Lipinski definition) is 1. The van der Waals surface area contributed by atoms with E-state index < -0.39 is 7.12 Å². The predicted octanol–water partition coefficient (Wildman–Crippen LogP) is 0.613. The Balaban J connectivity index is 2.71. The lowest BCUT2D eigenvalue weighted by Crippen LogP contribution is -2.41. The molecule has 0 atom stereocenters. The van der Waals surface area contributed by atoms with Crippen molar-refractivity contribution < 1.29 is 14.4 Å². The Morgan fingerprint density at radius 1 is 1.15 bits per heavy atom. The van der Waals surface area contributed by atoms with Crippen molar-refractivity contribution in [3.05, 3.63) is 0 Å². The van der Waals surface area contributed by atoms with Gasteiger partial charge in [0.1, 0.15) is 6.61 Å². The minimum atomic E-state index is -0.517. The Morgan fingerprint density at radius 3 is 2.00 bits per heavy atom. The second-order valence-electron chi connectivity index (χ2n) is 4.07. The van der Waals surface area contributed by atoms with Crippen molar-refractivity contribution in [1.29, 1.82) is 0 Å². The van der Waals surface area contributed by atoms with E-state index in [1.165, 1.54) is 0 Å². The number of aliphatic hydroxyl groups excluding tert-OH is 1. The van der Waals surface area contributed by atoms with Crippen molar-refractivity contribution in [2.24, 2.45) is 0 Å². The third kappa shape index (κ3) is 2.05. The lowest BCUT2D eigenvalue weighted by atomic mass is 9.90. The summed E-state index contributed by atoms with van der Waals surface area (Å²) in [7, 11) is -0.517. The molecule has 0 aromatic rings. The summed E-state index contributed by atoms with van der Waals surface area (Å²) in [5.74, 6) is 5.22. The van der Waals surface area contributed by atoms with E-state index >= 15 is 0 Å². The lowest BCUT2D eigenvalue weighted by molar-refractivity contribution is 0.00578. The van der Waals surface area contributed by atoms with Gasteiger partial charge in [0.2, 0.25) is 0 Å². The van der Waals surface area contributed by atoms with Crippen LogP contribution in [0.15, 0.2) is 0 Å². The Kier molecular flexibility index (Phi) is 2.72. The van der Waals surface area contributed by atoms with E-state index in [0.29, 0.717) is 0 Å². The molecule has 0 bridgehead atoms. The van der Waals surface area contributed by atoms with Crippen LogP contribution in [-0.4, -0.2) is 30.0 Å². The van der Waals surface area contributed by atoms with Crippen LogP contribution >= 0.6 is 0 Å². The van der Waals surface area contributed by atoms with Gasteiger partial charge in [0, 0.05) is 0 Å². The molecule has 1 aliphatic rings. The van der Waals surface area contributed by atoms with E-state index in [1.807, 2.05) is 27.7 Å². The zero-order valence-corrected chi connectivity index (χ0v) is 8.55. The van der Waals surface area contributed by atoms with Crippen LogP contribution in [0.5, 0.6) is 0 Å². The molecule has 13 heavy (non-hydrogen) atoms. The minimum absolute atomic E-state index is 0.163. The molecule has 1 rings (SSSR count). The highest BCUT2D eigenvalue weighted by Crippen LogP contribution is 2.36. The topological polar surface area (TPSA) is 38.7 Å². The smallest absolute Gasteiger partial charge is 0.392 e. The molecule has 0 saturated carbocycles. The molecule has 4 heteroatoms. The highest BCUT2D eigenvalue weighted by Gasteiger charge is 2.50. The van der Waals surface area contributed by atoms with Crippen LogP contribution in [0.1, 0.15) is 27.7 Å². The van der Waals surface area contributed by atoms with E-state index in [4.69, 9.17) is 14.4 Å². The van der Waals surface area contributed by atoms with Gasteiger partial charge in [-0.3, -0.25) is 0 Å². The van der Waals surface area contributed by atoms with Crippen molar-refractivity contribution in [3.63, 3.8) is 0 Å². The fraction of sp³-hybridized carbons (Fsp3) is 0.778. The molecule has 1 fully saturated rings. The average Bonchev–Trinajstić information content (AvgIpc) is 2.17. The largest absolute Gasteiger partial charge is 0.551 e. The maximum atomic E-state index is 8.50. The molecule has 1 saturated heterocycles. The van der Waals surface area contributed by atoms with Crippen LogP contribution in [0.4, 0.5) is 0 Å². The molecule has 1 heterocycles. The van der Waals surface area contributed by atoms with Crippen molar-refractivity contribution >= 4 is 7.12 Å². The molecule has 0 radical (unpaired) electrons. The van der Waals surface area contributed by atoms with Crippen LogP contribution < -0.4 is 0 Å². The zero-order valence-electron chi connectivity index (χ0n) is 8.55. The summed E-state index contributed by atoms with van der Waals surface area (Å²) >= 11 is 0. The zero-order chi connectivity index (χ0) is 10.1. The van der Waals surface area contributed by atoms with Gasteiger partial charge >= 0.3 is 7.12 Å². The van der Waals surface area contributed by atoms with Crippen LogP contribution in [0.2, 0.25) is 0 Å². The molecule has 0 unspecified atom stereocenters. The normalized spacial score (nSPS) is 23.9. The standard InChI is InChI=1S/C9H15BO3/c1-8(2)9(3,4)13-10(12-8)6-5-7-11/h11H,7H2,1-4H3. The third-order valence-corrected chi connectivity index (χ3v) is 2.55. The van der Waals surface area contributed by atoms with Crippen molar-refractivity contribution in [1.82, 2.24) is 0 Å². The highest BCUT2D eigenvalue weighted by atomic mass is 16.7. The third-order valence-electron chi connectivity index (χ3n) is 2.55.